The van der Waals surface area contributed by atoms with Gasteiger partial charge in [0, 0.05) is 59.3 Å². The minimum Gasteiger partial charge on any atom is -0.497 e. The standard InChI is InChI=1S/C26H31ClN4O3/c1-29(2)12-23(33)31-16-26(14-30(15-26)11-17-6-4-5-7-20(17)27)24-19-9-8-18(34-3)10-21(19)28-25(24)22(31)13-32/h4-10,22,28,32H,11-16H2,1-3H3/t22-/m1/s1. The molecule has 3 heterocycles. The van der Waals surface area contributed by atoms with Crippen LogP contribution in [0.25, 0.3) is 10.9 Å². The van der Waals surface area contributed by atoms with Gasteiger partial charge in [0.25, 0.3) is 0 Å². The molecule has 5 rings (SSSR count). The number of aliphatic hydroxyl groups excluding tert-OH is 1. The maximum atomic E-state index is 13.3. The summed E-state index contributed by atoms with van der Waals surface area (Å²) < 4.78 is 5.44. The van der Waals surface area contributed by atoms with Crippen molar-refractivity contribution in [2.75, 3.05) is 54.0 Å². The lowest BCUT2D eigenvalue weighted by molar-refractivity contribution is -0.139. The Balaban J connectivity index is 1.54. The molecule has 2 aliphatic rings. The van der Waals surface area contributed by atoms with Crippen LogP contribution in [0.3, 0.4) is 0 Å². The lowest BCUT2D eigenvalue weighted by atomic mass is 9.68. The van der Waals surface area contributed by atoms with Crippen LogP contribution in [0.5, 0.6) is 5.75 Å². The van der Waals surface area contributed by atoms with Crippen molar-refractivity contribution in [3.63, 3.8) is 0 Å². The molecule has 1 aromatic heterocycles. The number of likely N-dealkylation sites (tertiary alicyclic amines) is 1. The Morgan fingerprint density at radius 3 is 2.68 bits per heavy atom. The van der Waals surface area contributed by atoms with Gasteiger partial charge in [-0.2, -0.15) is 0 Å². The molecule has 180 valence electrons. The highest BCUT2D eigenvalue weighted by Gasteiger charge is 2.53. The lowest BCUT2D eigenvalue weighted by Gasteiger charge is -2.56. The molecule has 0 saturated carbocycles. The minimum absolute atomic E-state index is 0.0230. The minimum atomic E-state index is -0.399. The number of hydrogen-bond acceptors (Lipinski definition) is 5. The van der Waals surface area contributed by atoms with Gasteiger partial charge in [0.05, 0.1) is 26.3 Å². The van der Waals surface area contributed by atoms with Crippen molar-refractivity contribution in [2.45, 2.75) is 18.0 Å². The van der Waals surface area contributed by atoms with E-state index in [4.69, 9.17) is 16.3 Å². The Morgan fingerprint density at radius 1 is 1.24 bits per heavy atom. The van der Waals surface area contributed by atoms with E-state index in [2.05, 4.69) is 22.0 Å². The molecule has 2 aliphatic heterocycles. The maximum absolute atomic E-state index is 13.3. The Labute approximate surface area is 204 Å². The second-order valence-electron chi connectivity index (χ2n) is 9.80. The third kappa shape index (κ3) is 3.86. The van der Waals surface area contributed by atoms with Gasteiger partial charge in [-0.15, -0.1) is 0 Å². The van der Waals surface area contributed by atoms with E-state index in [0.29, 0.717) is 13.1 Å². The molecular formula is C26H31ClN4O3. The number of nitrogens with one attached hydrogen (secondary N) is 1. The number of benzene rings is 2. The second-order valence-corrected chi connectivity index (χ2v) is 10.2. The number of methoxy groups -OCH3 is 1. The number of carbonyl (C=O) groups excluding carboxylic acids is 1. The molecule has 2 N–H and O–H groups in total. The van der Waals surface area contributed by atoms with E-state index in [9.17, 15) is 9.90 Å². The van der Waals surface area contributed by atoms with E-state index in [-0.39, 0.29) is 17.9 Å². The van der Waals surface area contributed by atoms with Crippen LogP contribution < -0.4 is 4.74 Å². The number of aliphatic hydroxyl groups is 1. The maximum Gasteiger partial charge on any atom is 0.237 e. The fraction of sp³-hybridized carbons (Fsp3) is 0.423. The number of nitrogens with zero attached hydrogens (tertiary/aromatic N) is 3. The van der Waals surface area contributed by atoms with Gasteiger partial charge < -0.3 is 24.6 Å². The number of aromatic nitrogens is 1. The summed E-state index contributed by atoms with van der Waals surface area (Å²) >= 11 is 6.42. The molecule has 3 aromatic rings. The summed E-state index contributed by atoms with van der Waals surface area (Å²) in [4.78, 5) is 22.9. The highest BCUT2D eigenvalue weighted by Crippen LogP contribution is 2.49. The molecule has 1 spiro atoms. The zero-order chi connectivity index (χ0) is 24.0. The fourth-order valence-electron chi connectivity index (χ4n) is 5.68. The van der Waals surface area contributed by atoms with E-state index < -0.39 is 6.04 Å². The molecular weight excluding hydrogens is 452 g/mol. The summed E-state index contributed by atoms with van der Waals surface area (Å²) in [5, 5.41) is 12.3. The quantitative estimate of drug-likeness (QED) is 0.565. The first-order valence-electron chi connectivity index (χ1n) is 11.6. The van der Waals surface area contributed by atoms with Crippen LogP contribution in [-0.4, -0.2) is 84.7 Å². The van der Waals surface area contributed by atoms with E-state index >= 15 is 0 Å². The number of halogens is 1. The first-order chi connectivity index (χ1) is 16.3. The highest BCUT2D eigenvalue weighted by molar-refractivity contribution is 6.31. The fourth-order valence-corrected chi connectivity index (χ4v) is 5.87. The van der Waals surface area contributed by atoms with Crippen molar-refractivity contribution in [2.24, 2.45) is 0 Å². The number of likely N-dealkylation sites (N-methyl/N-ethyl adjacent to an activating group) is 1. The van der Waals surface area contributed by atoms with Crippen LogP contribution in [-0.2, 0) is 16.8 Å². The molecule has 7 nitrogen and oxygen atoms in total. The van der Waals surface area contributed by atoms with E-state index in [1.165, 1.54) is 5.56 Å². The highest BCUT2D eigenvalue weighted by atomic mass is 35.5. The molecule has 0 unspecified atom stereocenters. The molecule has 34 heavy (non-hydrogen) atoms. The van der Waals surface area contributed by atoms with Crippen LogP contribution in [0.1, 0.15) is 22.9 Å². The molecule has 0 aliphatic carbocycles. The Hall–Kier alpha value is -2.58. The number of H-pyrrole nitrogens is 1. The average Bonchev–Trinajstić information content (AvgIpc) is 3.17. The number of hydrogen-bond donors (Lipinski definition) is 2. The summed E-state index contributed by atoms with van der Waals surface area (Å²) in [5.41, 5.74) is 4.01. The summed E-state index contributed by atoms with van der Waals surface area (Å²) in [7, 11) is 5.43. The molecule has 1 saturated heterocycles. The monoisotopic (exact) mass is 482 g/mol. The molecule has 8 heteroatoms. The normalized spacial score (nSPS) is 19.5. The summed E-state index contributed by atoms with van der Waals surface area (Å²) in [6.07, 6.45) is 0. The average molecular weight is 483 g/mol. The van der Waals surface area contributed by atoms with Gasteiger partial charge in [-0.3, -0.25) is 9.69 Å². The van der Waals surface area contributed by atoms with Crippen molar-refractivity contribution in [3.8, 4) is 5.75 Å². The molecule has 2 aromatic carbocycles. The van der Waals surface area contributed by atoms with Crippen LogP contribution in [0.4, 0.5) is 0 Å². The summed E-state index contributed by atoms with van der Waals surface area (Å²) in [6.45, 7) is 3.15. The second kappa shape index (κ2) is 8.89. The summed E-state index contributed by atoms with van der Waals surface area (Å²) in [5.74, 6) is 0.796. The topological polar surface area (TPSA) is 72.0 Å². The van der Waals surface area contributed by atoms with E-state index in [1.54, 1.807) is 7.11 Å². The number of ether oxygens (including phenoxy) is 1. The van der Waals surface area contributed by atoms with Gasteiger partial charge in [-0.05, 0) is 43.4 Å². The number of aromatic amines is 1. The SMILES string of the molecule is COc1ccc2c3c([nH]c2c1)[C@@H](CO)N(C(=O)CN(C)C)CC31CN(Cc2ccccc2Cl)C1. The smallest absolute Gasteiger partial charge is 0.237 e. The molecule has 1 amide bonds. The zero-order valence-electron chi connectivity index (χ0n) is 19.8. The zero-order valence-corrected chi connectivity index (χ0v) is 20.6. The molecule has 1 fully saturated rings. The predicted molar refractivity (Wildman–Crippen MR) is 133 cm³/mol. The van der Waals surface area contributed by atoms with Crippen LogP contribution >= 0.6 is 11.6 Å². The van der Waals surface area contributed by atoms with Gasteiger partial charge in [0.15, 0.2) is 0 Å². The van der Waals surface area contributed by atoms with Crippen molar-refractivity contribution >= 4 is 28.4 Å². The van der Waals surface area contributed by atoms with Crippen molar-refractivity contribution in [1.29, 1.82) is 0 Å². The first-order valence-corrected chi connectivity index (χ1v) is 11.9. The third-order valence-corrected chi connectivity index (χ3v) is 7.47. The first kappa shape index (κ1) is 23.2. The number of fused-ring (bicyclic) bond motifs is 4. The Bertz CT molecular complexity index is 1220. The van der Waals surface area contributed by atoms with E-state index in [1.807, 2.05) is 54.2 Å². The number of amides is 1. The van der Waals surface area contributed by atoms with Gasteiger partial charge in [0.2, 0.25) is 5.91 Å². The largest absolute Gasteiger partial charge is 0.497 e. The van der Waals surface area contributed by atoms with Crippen molar-refractivity contribution in [3.05, 3.63) is 64.3 Å². The van der Waals surface area contributed by atoms with Crippen LogP contribution in [0.2, 0.25) is 5.02 Å². The predicted octanol–water partition coefficient (Wildman–Crippen LogP) is 3.02. The van der Waals surface area contributed by atoms with Crippen molar-refractivity contribution < 1.29 is 14.6 Å². The summed E-state index contributed by atoms with van der Waals surface area (Å²) in [6, 6.07) is 13.6. The Morgan fingerprint density at radius 2 is 2.00 bits per heavy atom. The van der Waals surface area contributed by atoms with Crippen LogP contribution in [0, 0.1) is 0 Å². The molecule has 1 atom stereocenters. The van der Waals surface area contributed by atoms with Gasteiger partial charge in [-0.25, -0.2) is 0 Å². The van der Waals surface area contributed by atoms with Crippen LogP contribution in [0.15, 0.2) is 42.5 Å². The third-order valence-electron chi connectivity index (χ3n) is 7.10. The Kier molecular flexibility index (Phi) is 6.06. The van der Waals surface area contributed by atoms with Gasteiger partial charge >= 0.3 is 0 Å². The van der Waals surface area contributed by atoms with Crippen molar-refractivity contribution in [1.82, 2.24) is 19.7 Å². The van der Waals surface area contributed by atoms with Gasteiger partial charge in [0.1, 0.15) is 5.75 Å². The molecule has 0 bridgehead atoms. The van der Waals surface area contributed by atoms with Gasteiger partial charge in [-0.1, -0.05) is 29.8 Å². The molecule has 0 radical (unpaired) electrons. The number of carbonyl (C=O) groups is 1. The van der Waals surface area contributed by atoms with E-state index in [0.717, 1.165) is 52.6 Å². The lowest BCUT2D eigenvalue weighted by Crippen LogP contribution is -2.67. The number of rotatable bonds is 6.